The molecule has 0 radical (unpaired) electrons. The fourth-order valence-electron chi connectivity index (χ4n) is 2.84. The third-order valence-electron chi connectivity index (χ3n) is 4.41. The maximum atomic E-state index is 6.02. The molecule has 0 saturated carbocycles. The Bertz CT molecular complexity index is 312. The van der Waals surface area contributed by atoms with E-state index in [1.54, 1.807) is 0 Å². The van der Waals surface area contributed by atoms with Gasteiger partial charge in [0.05, 0.1) is 12.7 Å². The Labute approximate surface area is 196 Å². The standard InChI is InChI=1S/C23H51NO5P2/c1-5-12-26-22(27-13-6-2)19-30-17-9-21(25-16-11-24)10-18-31-20-23(28-14-7-3)29-15-8-4/h21-23,30-31H,5-20,24H2,1-4H3. The highest BCUT2D eigenvalue weighted by molar-refractivity contribution is 7.38. The van der Waals surface area contributed by atoms with Gasteiger partial charge in [0, 0.05) is 45.3 Å². The van der Waals surface area contributed by atoms with Crippen LogP contribution in [0.1, 0.15) is 66.2 Å². The van der Waals surface area contributed by atoms with Crippen molar-refractivity contribution < 1.29 is 23.7 Å². The summed E-state index contributed by atoms with van der Waals surface area (Å²) in [6.07, 6.45) is 10.7. The summed E-state index contributed by atoms with van der Waals surface area (Å²) in [5, 5.41) is 0. The number of nitrogens with two attached hydrogens (primary N) is 1. The molecular formula is C23H51NO5P2. The van der Waals surface area contributed by atoms with Crippen LogP contribution in [0, 0.1) is 0 Å². The molecule has 0 aliphatic heterocycles. The number of hydrogen-bond donors (Lipinski definition) is 1. The Kier molecular flexibility index (Phi) is 25.8. The summed E-state index contributed by atoms with van der Waals surface area (Å²) in [5.74, 6) is 0. The third kappa shape index (κ3) is 20.9. The van der Waals surface area contributed by atoms with Gasteiger partial charge in [0.2, 0.25) is 0 Å². The molecule has 0 aliphatic rings. The van der Waals surface area contributed by atoms with Gasteiger partial charge in [-0.15, -0.1) is 17.2 Å². The summed E-state index contributed by atoms with van der Waals surface area (Å²) in [4.78, 5) is 0. The monoisotopic (exact) mass is 483 g/mol. The van der Waals surface area contributed by atoms with E-state index < -0.39 is 0 Å². The van der Waals surface area contributed by atoms with E-state index in [0.717, 1.165) is 107 Å². The minimum absolute atomic E-state index is 0.0497. The van der Waals surface area contributed by atoms with Crippen molar-refractivity contribution in [3.63, 3.8) is 0 Å². The van der Waals surface area contributed by atoms with Crippen LogP contribution in [0.25, 0.3) is 0 Å². The van der Waals surface area contributed by atoms with Crippen LogP contribution in [0.5, 0.6) is 0 Å². The molecule has 31 heavy (non-hydrogen) atoms. The molecule has 0 bridgehead atoms. The summed E-state index contributed by atoms with van der Waals surface area (Å²) in [6.45, 7) is 12.8. The van der Waals surface area contributed by atoms with E-state index in [0.29, 0.717) is 19.3 Å². The summed E-state index contributed by atoms with van der Waals surface area (Å²) in [7, 11) is 1.67. The van der Waals surface area contributed by atoms with Crippen LogP contribution in [0.3, 0.4) is 0 Å². The summed E-state index contributed by atoms with van der Waals surface area (Å²) in [5.41, 5.74) is 5.66. The first-order chi connectivity index (χ1) is 15.2. The van der Waals surface area contributed by atoms with Crippen molar-refractivity contribution in [1.82, 2.24) is 0 Å². The topological polar surface area (TPSA) is 72.2 Å². The van der Waals surface area contributed by atoms with Gasteiger partial charge in [-0.25, -0.2) is 0 Å². The van der Waals surface area contributed by atoms with E-state index in [-0.39, 0.29) is 12.6 Å². The van der Waals surface area contributed by atoms with Gasteiger partial charge in [-0.2, -0.15) is 0 Å². The minimum atomic E-state index is -0.0497. The van der Waals surface area contributed by atoms with Gasteiger partial charge in [0.15, 0.2) is 12.6 Å². The van der Waals surface area contributed by atoms with Gasteiger partial charge in [-0.05, 0) is 50.8 Å². The first kappa shape index (κ1) is 31.6. The van der Waals surface area contributed by atoms with Gasteiger partial charge in [-0.1, -0.05) is 27.7 Å². The lowest BCUT2D eigenvalue weighted by Gasteiger charge is -2.21. The Morgan fingerprint density at radius 2 is 0.968 bits per heavy atom. The first-order valence-corrected chi connectivity index (χ1v) is 15.2. The van der Waals surface area contributed by atoms with Crippen molar-refractivity contribution in [2.45, 2.75) is 84.9 Å². The van der Waals surface area contributed by atoms with Crippen molar-refractivity contribution >= 4 is 17.2 Å². The molecular weight excluding hydrogens is 432 g/mol. The highest BCUT2D eigenvalue weighted by Crippen LogP contribution is 2.22. The lowest BCUT2D eigenvalue weighted by molar-refractivity contribution is -0.127. The van der Waals surface area contributed by atoms with Crippen LogP contribution in [0.15, 0.2) is 0 Å². The second-order valence-electron chi connectivity index (χ2n) is 7.61. The fraction of sp³-hybridized carbons (Fsp3) is 1.00. The first-order valence-electron chi connectivity index (χ1n) is 12.4. The van der Waals surface area contributed by atoms with Crippen molar-refractivity contribution in [2.75, 3.05) is 64.2 Å². The second-order valence-corrected chi connectivity index (χ2v) is 10.4. The molecule has 0 spiro atoms. The smallest absolute Gasteiger partial charge is 0.161 e. The van der Waals surface area contributed by atoms with Crippen molar-refractivity contribution in [2.24, 2.45) is 5.73 Å². The molecule has 0 aromatic heterocycles. The van der Waals surface area contributed by atoms with Crippen LogP contribution >= 0.6 is 17.2 Å². The van der Waals surface area contributed by atoms with Crippen LogP contribution in [-0.2, 0) is 23.7 Å². The zero-order valence-electron chi connectivity index (χ0n) is 20.7. The maximum Gasteiger partial charge on any atom is 0.161 e. The predicted octanol–water partition coefficient (Wildman–Crippen LogP) is 4.83. The number of ether oxygens (including phenoxy) is 5. The number of hydrogen-bond acceptors (Lipinski definition) is 6. The Morgan fingerprint density at radius 1 is 0.581 bits per heavy atom. The predicted molar refractivity (Wildman–Crippen MR) is 137 cm³/mol. The van der Waals surface area contributed by atoms with Gasteiger partial charge in [-0.3, -0.25) is 0 Å². The zero-order chi connectivity index (χ0) is 23.0. The van der Waals surface area contributed by atoms with Crippen LogP contribution in [0.4, 0.5) is 0 Å². The van der Waals surface area contributed by atoms with Crippen LogP contribution in [0.2, 0.25) is 0 Å². The molecule has 8 heteroatoms. The van der Waals surface area contributed by atoms with E-state index >= 15 is 0 Å². The zero-order valence-corrected chi connectivity index (χ0v) is 22.7. The average molecular weight is 484 g/mol. The van der Waals surface area contributed by atoms with Crippen molar-refractivity contribution in [3.8, 4) is 0 Å². The molecule has 0 rings (SSSR count). The third-order valence-corrected chi connectivity index (χ3v) is 6.94. The second kappa shape index (κ2) is 25.2. The summed E-state index contributed by atoms with van der Waals surface area (Å²) in [6, 6.07) is 0. The molecule has 188 valence electrons. The van der Waals surface area contributed by atoms with E-state index in [1.165, 1.54) is 0 Å². The van der Waals surface area contributed by atoms with E-state index in [2.05, 4.69) is 27.7 Å². The lowest BCUT2D eigenvalue weighted by atomic mass is 10.2. The average Bonchev–Trinajstić information content (AvgIpc) is 2.79. The largest absolute Gasteiger partial charge is 0.377 e. The molecule has 0 aliphatic carbocycles. The highest BCUT2D eigenvalue weighted by Gasteiger charge is 2.13. The molecule has 0 heterocycles. The lowest BCUT2D eigenvalue weighted by Crippen LogP contribution is -2.23. The van der Waals surface area contributed by atoms with E-state index in [1.807, 2.05) is 0 Å². The minimum Gasteiger partial charge on any atom is -0.377 e. The van der Waals surface area contributed by atoms with Crippen LogP contribution < -0.4 is 5.73 Å². The summed E-state index contributed by atoms with van der Waals surface area (Å²) < 4.78 is 29.4. The van der Waals surface area contributed by atoms with Gasteiger partial charge in [0.1, 0.15) is 0 Å². The number of rotatable bonds is 25. The molecule has 0 aromatic carbocycles. The molecule has 2 atom stereocenters. The van der Waals surface area contributed by atoms with Crippen molar-refractivity contribution in [1.29, 1.82) is 0 Å². The molecule has 2 N–H and O–H groups in total. The van der Waals surface area contributed by atoms with Gasteiger partial charge in [0.25, 0.3) is 0 Å². The molecule has 0 amide bonds. The Balaban J connectivity index is 4.19. The summed E-state index contributed by atoms with van der Waals surface area (Å²) >= 11 is 0. The quantitative estimate of drug-likeness (QED) is 0.114. The van der Waals surface area contributed by atoms with Gasteiger partial charge < -0.3 is 29.4 Å². The normalized spacial score (nSPS) is 13.6. The molecule has 0 saturated heterocycles. The Hall–Kier alpha value is 0.620. The Morgan fingerprint density at radius 3 is 1.29 bits per heavy atom. The van der Waals surface area contributed by atoms with Gasteiger partial charge >= 0.3 is 0 Å². The van der Waals surface area contributed by atoms with Crippen LogP contribution in [-0.4, -0.2) is 82.9 Å². The molecule has 0 aromatic rings. The van der Waals surface area contributed by atoms with E-state index in [9.17, 15) is 0 Å². The molecule has 2 unspecified atom stereocenters. The molecule has 6 nitrogen and oxygen atoms in total. The van der Waals surface area contributed by atoms with Crippen molar-refractivity contribution in [3.05, 3.63) is 0 Å². The SMILES string of the molecule is CCCOC(CPCCC(CCPCC(OCCC)OCCC)OCCN)OCCC. The highest BCUT2D eigenvalue weighted by atomic mass is 31.1. The maximum absolute atomic E-state index is 6.02. The molecule has 0 fully saturated rings. The van der Waals surface area contributed by atoms with E-state index in [4.69, 9.17) is 29.4 Å². The fourth-order valence-corrected chi connectivity index (χ4v) is 5.24.